The van der Waals surface area contributed by atoms with Gasteiger partial charge in [0.1, 0.15) is 22.9 Å². The molecule has 3 aromatic rings. The van der Waals surface area contributed by atoms with E-state index in [9.17, 15) is 19.5 Å². The highest BCUT2D eigenvalue weighted by Gasteiger charge is 2.37. The van der Waals surface area contributed by atoms with Crippen molar-refractivity contribution >= 4 is 29.5 Å². The number of thioether (sulfide) groups is 1. The lowest BCUT2D eigenvalue weighted by atomic mass is 10.1. The number of carbonyl (C=O) groups excluding carboxylic acids is 2. The van der Waals surface area contributed by atoms with Gasteiger partial charge in [-0.15, -0.1) is 10.2 Å². The molecule has 0 spiro atoms. The maximum atomic E-state index is 13.4. The Morgan fingerprint density at radius 3 is 2.56 bits per heavy atom. The molecular formula is C26H25N5O7S. The molecule has 4 N–H and O–H groups in total. The van der Waals surface area contributed by atoms with E-state index in [1.165, 1.54) is 23.2 Å². The summed E-state index contributed by atoms with van der Waals surface area (Å²) in [5.74, 6) is 0.0627. The molecule has 5 rings (SSSR count). The molecule has 202 valence electrons. The molecule has 0 aliphatic carbocycles. The lowest BCUT2D eigenvalue weighted by Crippen LogP contribution is -2.53. The van der Waals surface area contributed by atoms with Crippen molar-refractivity contribution < 1.29 is 33.4 Å². The Labute approximate surface area is 227 Å². The molecule has 2 aliphatic heterocycles. The minimum absolute atomic E-state index is 0.00496. The van der Waals surface area contributed by atoms with Crippen molar-refractivity contribution in [2.24, 2.45) is 0 Å². The molecule has 2 aromatic carbocycles. The molecule has 13 heteroatoms. The Bertz CT molecular complexity index is 1460. The predicted molar refractivity (Wildman–Crippen MR) is 140 cm³/mol. The number of aliphatic carboxylic acids is 1. The number of hydrogen-bond donors (Lipinski definition) is 4. The van der Waals surface area contributed by atoms with E-state index in [1.54, 1.807) is 43.3 Å². The monoisotopic (exact) mass is 551 g/mol. The van der Waals surface area contributed by atoms with Crippen LogP contribution in [-0.2, 0) is 9.59 Å². The van der Waals surface area contributed by atoms with Crippen molar-refractivity contribution in [3.8, 4) is 28.7 Å². The summed E-state index contributed by atoms with van der Waals surface area (Å²) in [6.45, 7) is 4.03. The number of carbonyl (C=O) groups is 3. The van der Waals surface area contributed by atoms with Gasteiger partial charge in [0, 0.05) is 42.5 Å². The number of amides is 2. The number of aryl methyl sites for hydroxylation is 1. The average Bonchev–Trinajstić information content (AvgIpc) is 3.65. The Hall–Kier alpha value is -4.52. The van der Waals surface area contributed by atoms with Crippen molar-refractivity contribution in [2.75, 3.05) is 6.54 Å². The van der Waals surface area contributed by atoms with Crippen molar-refractivity contribution in [3.05, 3.63) is 65.0 Å². The first-order valence-electron chi connectivity index (χ1n) is 12.1. The lowest BCUT2D eigenvalue weighted by molar-refractivity contribution is -0.133. The summed E-state index contributed by atoms with van der Waals surface area (Å²) >= 11 is 1.17. The van der Waals surface area contributed by atoms with Crippen LogP contribution < -0.4 is 25.4 Å². The average molecular weight is 552 g/mol. The highest BCUT2D eigenvalue weighted by atomic mass is 32.2. The van der Waals surface area contributed by atoms with E-state index in [0.29, 0.717) is 48.2 Å². The van der Waals surface area contributed by atoms with Crippen LogP contribution in [0.25, 0.3) is 11.5 Å². The summed E-state index contributed by atoms with van der Waals surface area (Å²) in [5.41, 5.74) is 0.917. The Balaban J connectivity index is 1.39. The van der Waals surface area contributed by atoms with Crippen LogP contribution in [-0.4, -0.2) is 50.7 Å². The van der Waals surface area contributed by atoms with Gasteiger partial charge in [-0.1, -0.05) is 18.7 Å². The van der Waals surface area contributed by atoms with E-state index in [1.807, 2.05) is 6.92 Å². The zero-order chi connectivity index (χ0) is 27.6. The van der Waals surface area contributed by atoms with Crippen LogP contribution in [0.5, 0.6) is 17.2 Å². The van der Waals surface area contributed by atoms with Crippen molar-refractivity contribution in [1.29, 1.82) is 0 Å². The third kappa shape index (κ3) is 5.82. The molecule has 0 radical (unpaired) electrons. The highest BCUT2D eigenvalue weighted by Crippen LogP contribution is 2.34. The molecule has 39 heavy (non-hydrogen) atoms. The number of aromatic nitrogens is 2. The van der Waals surface area contributed by atoms with Gasteiger partial charge >= 0.3 is 5.97 Å². The van der Waals surface area contributed by atoms with Crippen LogP contribution in [0.1, 0.15) is 36.0 Å². The summed E-state index contributed by atoms with van der Waals surface area (Å²) in [5, 5.41) is 27.1. The van der Waals surface area contributed by atoms with Gasteiger partial charge in [0.2, 0.25) is 11.8 Å². The molecule has 2 amide bonds. The molecule has 12 nitrogen and oxygen atoms in total. The van der Waals surface area contributed by atoms with E-state index >= 15 is 0 Å². The Morgan fingerprint density at radius 2 is 1.95 bits per heavy atom. The van der Waals surface area contributed by atoms with Gasteiger partial charge in [-0.05, 0) is 42.8 Å². The highest BCUT2D eigenvalue weighted by molar-refractivity contribution is 8.03. The van der Waals surface area contributed by atoms with Crippen molar-refractivity contribution in [3.63, 3.8) is 0 Å². The summed E-state index contributed by atoms with van der Waals surface area (Å²) in [6.07, 6.45) is 0.208. The van der Waals surface area contributed by atoms with Gasteiger partial charge < -0.3 is 34.9 Å². The van der Waals surface area contributed by atoms with Crippen LogP contribution in [0.3, 0.4) is 0 Å². The van der Waals surface area contributed by atoms with Crippen LogP contribution in [0.2, 0.25) is 0 Å². The number of benzene rings is 2. The van der Waals surface area contributed by atoms with Crippen LogP contribution in [0.4, 0.5) is 0 Å². The van der Waals surface area contributed by atoms with Crippen LogP contribution >= 0.6 is 11.8 Å². The molecule has 3 heterocycles. The quantitative estimate of drug-likeness (QED) is 0.309. The molecule has 2 atom stereocenters. The number of hydrogen-bond acceptors (Lipinski definition) is 10. The van der Waals surface area contributed by atoms with Gasteiger partial charge in [-0.25, -0.2) is 4.79 Å². The molecule has 0 saturated carbocycles. The number of carboxylic acid groups (broad SMARTS) is 1. The Morgan fingerprint density at radius 1 is 1.18 bits per heavy atom. The minimum atomic E-state index is -1.12. The summed E-state index contributed by atoms with van der Waals surface area (Å²) < 4.78 is 17.4. The van der Waals surface area contributed by atoms with Gasteiger partial charge in [0.05, 0.1) is 0 Å². The second kappa shape index (κ2) is 10.7. The number of ether oxygens (including phenoxy) is 2. The molecule has 1 fully saturated rings. The zero-order valence-electron chi connectivity index (χ0n) is 21.0. The summed E-state index contributed by atoms with van der Waals surface area (Å²) in [6, 6.07) is 11.6. The standard InChI is InChI=1S/C26H25N5O7S/c1-3-26(28-20(13-39-26)25(34)35)29-22(32)16-10-18(12-19(11-16)38-21-8-9-27-23(21)33)37-17-6-4-15(5-7-17)24-31-30-14(2)36-24/h4-7,10-13,21,28H,3,8-9H2,1-2H3,(H,27,33)(H,29,32)(H,34,35)/t21?,26-/m0/s1. The van der Waals surface area contributed by atoms with E-state index in [2.05, 4.69) is 26.1 Å². The third-order valence-corrected chi connectivity index (χ3v) is 7.29. The maximum Gasteiger partial charge on any atom is 0.352 e. The van der Waals surface area contributed by atoms with Crippen molar-refractivity contribution in [2.45, 2.75) is 37.8 Å². The van der Waals surface area contributed by atoms with Gasteiger partial charge in [-0.2, -0.15) is 0 Å². The molecule has 1 aromatic heterocycles. The van der Waals surface area contributed by atoms with Gasteiger partial charge in [-0.3, -0.25) is 9.59 Å². The maximum absolute atomic E-state index is 13.4. The largest absolute Gasteiger partial charge is 0.480 e. The van der Waals surface area contributed by atoms with Gasteiger partial charge in [0.25, 0.3) is 11.8 Å². The second-order valence-corrected chi connectivity index (χ2v) is 10.0. The smallest absolute Gasteiger partial charge is 0.352 e. The fourth-order valence-corrected chi connectivity index (χ4v) is 4.97. The number of carboxylic acids is 1. The summed E-state index contributed by atoms with van der Waals surface area (Å²) in [7, 11) is 0. The van der Waals surface area contributed by atoms with E-state index < -0.39 is 23.0 Å². The molecule has 1 unspecified atom stereocenters. The van der Waals surface area contributed by atoms with Crippen molar-refractivity contribution in [1.82, 2.24) is 26.1 Å². The first-order valence-corrected chi connectivity index (χ1v) is 13.0. The number of nitrogens with zero attached hydrogens (tertiary/aromatic N) is 2. The van der Waals surface area contributed by atoms with Crippen LogP contribution in [0.15, 0.2) is 58.0 Å². The molecular weight excluding hydrogens is 526 g/mol. The van der Waals surface area contributed by atoms with Gasteiger partial charge in [0.15, 0.2) is 11.1 Å². The van der Waals surface area contributed by atoms with Crippen LogP contribution in [0, 0.1) is 6.92 Å². The second-order valence-electron chi connectivity index (χ2n) is 8.85. The van der Waals surface area contributed by atoms with E-state index in [4.69, 9.17) is 13.9 Å². The fraction of sp³-hybridized carbons (Fsp3) is 0.269. The fourth-order valence-electron chi connectivity index (χ4n) is 4.01. The molecule has 0 bridgehead atoms. The third-order valence-electron chi connectivity index (χ3n) is 6.04. The minimum Gasteiger partial charge on any atom is -0.480 e. The normalized spacial score (nSPS) is 20.1. The van der Waals surface area contributed by atoms with E-state index in [0.717, 1.165) is 0 Å². The predicted octanol–water partition coefficient (Wildman–Crippen LogP) is 3.16. The Kier molecular flexibility index (Phi) is 7.15. The summed E-state index contributed by atoms with van der Waals surface area (Å²) in [4.78, 5) is 35.8. The SMILES string of the molecule is CC[C@@]1(NC(=O)c2cc(Oc3ccc(-c4nnc(C)o4)cc3)cc(OC3CCNC3=O)c2)NC(C(=O)O)=CS1. The number of nitrogens with one attached hydrogen (secondary N) is 3. The lowest BCUT2D eigenvalue weighted by Gasteiger charge is -2.29. The topological polar surface area (TPSA) is 165 Å². The van der Waals surface area contributed by atoms with E-state index in [-0.39, 0.29) is 22.9 Å². The molecule has 1 saturated heterocycles. The molecule has 2 aliphatic rings. The number of rotatable bonds is 9. The zero-order valence-corrected chi connectivity index (χ0v) is 21.8. The first kappa shape index (κ1) is 26.1. The first-order chi connectivity index (χ1) is 18.7.